The maximum Gasteiger partial charge on any atom is 0.00747 e. The lowest BCUT2D eigenvalue weighted by molar-refractivity contribution is 0.187. The summed E-state index contributed by atoms with van der Waals surface area (Å²) in [5.41, 5.74) is 0.571. The van der Waals surface area contributed by atoms with Crippen LogP contribution in [0.3, 0.4) is 0 Å². The quantitative estimate of drug-likeness (QED) is 0.724. The van der Waals surface area contributed by atoms with Crippen LogP contribution in [0, 0.1) is 5.41 Å². The molecule has 0 spiro atoms. The number of rotatable bonds is 4. The summed E-state index contributed by atoms with van der Waals surface area (Å²) in [5.74, 6) is 0. The van der Waals surface area contributed by atoms with Crippen LogP contribution in [-0.4, -0.2) is 12.1 Å². The molecular weight excluding hydrogens is 170 g/mol. The minimum atomic E-state index is 0.571. The van der Waals surface area contributed by atoms with Crippen molar-refractivity contribution in [3.05, 3.63) is 0 Å². The molecule has 0 aromatic rings. The Hall–Kier alpha value is -0.0400. The lowest BCUT2D eigenvalue weighted by atomic mass is 9.75. The van der Waals surface area contributed by atoms with Crippen LogP contribution < -0.4 is 5.32 Å². The summed E-state index contributed by atoms with van der Waals surface area (Å²) < 4.78 is 0. The topological polar surface area (TPSA) is 12.0 Å². The van der Waals surface area contributed by atoms with Gasteiger partial charge in [-0.15, -0.1) is 0 Å². The molecule has 1 aliphatic rings. The van der Waals surface area contributed by atoms with E-state index in [2.05, 4.69) is 33.0 Å². The second kappa shape index (κ2) is 5.16. The van der Waals surface area contributed by atoms with Gasteiger partial charge in [-0.25, -0.2) is 0 Å². The van der Waals surface area contributed by atoms with Crippen molar-refractivity contribution in [1.82, 2.24) is 5.32 Å². The summed E-state index contributed by atoms with van der Waals surface area (Å²) in [6.07, 6.45) is 8.11. The van der Waals surface area contributed by atoms with E-state index in [1.807, 2.05) is 0 Å². The third-order valence-corrected chi connectivity index (χ3v) is 3.66. The molecular formula is C13H27N. The number of hydrogen-bond acceptors (Lipinski definition) is 1. The molecule has 1 nitrogen and oxygen atoms in total. The monoisotopic (exact) mass is 197 g/mol. The van der Waals surface area contributed by atoms with E-state index in [4.69, 9.17) is 0 Å². The average Bonchev–Trinajstić information content (AvgIpc) is 2.12. The maximum absolute atomic E-state index is 3.81. The highest BCUT2D eigenvalue weighted by Gasteiger charge is 2.28. The highest BCUT2D eigenvalue weighted by atomic mass is 14.9. The van der Waals surface area contributed by atoms with Gasteiger partial charge in [0.25, 0.3) is 0 Å². The second-order valence-electron chi connectivity index (χ2n) is 5.64. The van der Waals surface area contributed by atoms with Crippen LogP contribution in [-0.2, 0) is 0 Å². The molecule has 1 aliphatic carbocycles. The van der Waals surface area contributed by atoms with Gasteiger partial charge in [0.05, 0.1) is 0 Å². The molecule has 0 amide bonds. The van der Waals surface area contributed by atoms with E-state index in [-0.39, 0.29) is 0 Å². The van der Waals surface area contributed by atoms with E-state index >= 15 is 0 Å². The van der Waals surface area contributed by atoms with Crippen molar-refractivity contribution in [2.45, 2.75) is 78.3 Å². The second-order valence-corrected chi connectivity index (χ2v) is 5.64. The molecule has 1 N–H and O–H groups in total. The lowest BCUT2D eigenvalue weighted by Gasteiger charge is -2.37. The van der Waals surface area contributed by atoms with Crippen molar-refractivity contribution in [2.24, 2.45) is 5.41 Å². The first-order valence-electron chi connectivity index (χ1n) is 6.33. The Morgan fingerprint density at radius 1 is 1.29 bits per heavy atom. The zero-order valence-corrected chi connectivity index (χ0v) is 10.4. The molecule has 1 unspecified atom stereocenters. The Morgan fingerprint density at radius 3 is 2.43 bits per heavy atom. The SMILES string of the molecule is CCC(CC)NC1CCCC(C)(C)C1. The van der Waals surface area contributed by atoms with Gasteiger partial charge in [0.2, 0.25) is 0 Å². The molecule has 0 bridgehead atoms. The van der Waals surface area contributed by atoms with Crippen LogP contribution in [0.15, 0.2) is 0 Å². The van der Waals surface area contributed by atoms with Gasteiger partial charge in [-0.2, -0.15) is 0 Å². The first-order chi connectivity index (χ1) is 6.57. The predicted molar refractivity (Wildman–Crippen MR) is 63.5 cm³/mol. The van der Waals surface area contributed by atoms with Crippen molar-refractivity contribution < 1.29 is 0 Å². The minimum Gasteiger partial charge on any atom is -0.311 e. The minimum absolute atomic E-state index is 0.571. The summed E-state index contributed by atoms with van der Waals surface area (Å²) in [7, 11) is 0. The first-order valence-corrected chi connectivity index (χ1v) is 6.33. The number of nitrogens with one attached hydrogen (secondary N) is 1. The Balaban J connectivity index is 2.37. The highest BCUT2D eigenvalue weighted by Crippen LogP contribution is 2.35. The van der Waals surface area contributed by atoms with Gasteiger partial charge in [-0.1, -0.05) is 34.1 Å². The van der Waals surface area contributed by atoms with E-state index in [1.54, 1.807) is 0 Å². The lowest BCUT2D eigenvalue weighted by Crippen LogP contribution is -2.42. The van der Waals surface area contributed by atoms with Crippen molar-refractivity contribution in [3.63, 3.8) is 0 Å². The molecule has 0 aliphatic heterocycles. The molecule has 0 heterocycles. The van der Waals surface area contributed by atoms with E-state index in [9.17, 15) is 0 Å². The van der Waals surface area contributed by atoms with Gasteiger partial charge >= 0.3 is 0 Å². The molecule has 0 aromatic heterocycles. The Bertz CT molecular complexity index is 159. The third-order valence-electron chi connectivity index (χ3n) is 3.66. The molecule has 1 rings (SSSR count). The van der Waals surface area contributed by atoms with Crippen LogP contribution in [0.1, 0.15) is 66.2 Å². The fraction of sp³-hybridized carbons (Fsp3) is 1.00. The Labute approximate surface area is 89.7 Å². The standard InChI is InChI=1S/C13H27N/c1-5-11(6-2)14-12-8-7-9-13(3,4)10-12/h11-12,14H,5-10H2,1-4H3. The third kappa shape index (κ3) is 3.61. The molecule has 1 saturated carbocycles. The van der Waals surface area contributed by atoms with Gasteiger partial charge in [-0.3, -0.25) is 0 Å². The van der Waals surface area contributed by atoms with Gasteiger partial charge in [0.15, 0.2) is 0 Å². The van der Waals surface area contributed by atoms with Crippen molar-refractivity contribution in [2.75, 3.05) is 0 Å². The van der Waals surface area contributed by atoms with Gasteiger partial charge in [0.1, 0.15) is 0 Å². The maximum atomic E-state index is 3.81. The molecule has 1 heteroatoms. The van der Waals surface area contributed by atoms with Gasteiger partial charge < -0.3 is 5.32 Å². The summed E-state index contributed by atoms with van der Waals surface area (Å²) in [6, 6.07) is 1.53. The largest absolute Gasteiger partial charge is 0.311 e. The molecule has 1 atom stereocenters. The fourth-order valence-corrected chi connectivity index (χ4v) is 2.70. The van der Waals surface area contributed by atoms with Crippen molar-refractivity contribution in [3.8, 4) is 0 Å². The van der Waals surface area contributed by atoms with E-state index in [1.165, 1.54) is 38.5 Å². The van der Waals surface area contributed by atoms with Gasteiger partial charge in [-0.05, 0) is 37.5 Å². The molecule has 1 fully saturated rings. The average molecular weight is 197 g/mol. The van der Waals surface area contributed by atoms with Crippen LogP contribution in [0.5, 0.6) is 0 Å². The molecule has 0 saturated heterocycles. The summed E-state index contributed by atoms with van der Waals surface area (Å²) in [6.45, 7) is 9.39. The summed E-state index contributed by atoms with van der Waals surface area (Å²) in [4.78, 5) is 0. The van der Waals surface area contributed by atoms with Crippen LogP contribution >= 0.6 is 0 Å². The summed E-state index contributed by atoms with van der Waals surface area (Å²) in [5, 5.41) is 3.81. The van der Waals surface area contributed by atoms with Gasteiger partial charge in [0, 0.05) is 12.1 Å². The smallest absolute Gasteiger partial charge is 0.00747 e. The molecule has 0 aromatic carbocycles. The first kappa shape index (κ1) is 12.0. The van der Waals surface area contributed by atoms with E-state index in [0.717, 1.165) is 12.1 Å². The normalized spacial score (nSPS) is 26.8. The van der Waals surface area contributed by atoms with Crippen LogP contribution in [0.2, 0.25) is 0 Å². The highest BCUT2D eigenvalue weighted by molar-refractivity contribution is 4.84. The fourth-order valence-electron chi connectivity index (χ4n) is 2.70. The number of hydrogen-bond donors (Lipinski definition) is 1. The van der Waals surface area contributed by atoms with Crippen LogP contribution in [0.4, 0.5) is 0 Å². The molecule has 0 radical (unpaired) electrons. The molecule has 14 heavy (non-hydrogen) atoms. The van der Waals surface area contributed by atoms with Crippen molar-refractivity contribution >= 4 is 0 Å². The zero-order chi connectivity index (χ0) is 10.6. The van der Waals surface area contributed by atoms with E-state index < -0.39 is 0 Å². The van der Waals surface area contributed by atoms with Crippen molar-refractivity contribution in [1.29, 1.82) is 0 Å². The summed E-state index contributed by atoms with van der Waals surface area (Å²) >= 11 is 0. The van der Waals surface area contributed by atoms with E-state index in [0.29, 0.717) is 5.41 Å². The predicted octanol–water partition coefficient (Wildman–Crippen LogP) is 3.73. The molecule has 84 valence electrons. The van der Waals surface area contributed by atoms with Crippen LogP contribution in [0.25, 0.3) is 0 Å². The Kier molecular flexibility index (Phi) is 4.43. The zero-order valence-electron chi connectivity index (χ0n) is 10.4. The Morgan fingerprint density at radius 2 is 1.93 bits per heavy atom.